The van der Waals surface area contributed by atoms with Gasteiger partial charge in [0.25, 0.3) is 5.22 Å². The number of carbonyl (C=O) groups excluding carboxylic acids is 1. The van der Waals surface area contributed by atoms with Gasteiger partial charge in [-0.2, -0.15) is 0 Å². The van der Waals surface area contributed by atoms with Crippen LogP contribution in [0.1, 0.15) is 53.9 Å². The number of thioether (sulfide) groups is 1. The lowest BCUT2D eigenvalue weighted by Gasteiger charge is -2.22. The summed E-state index contributed by atoms with van der Waals surface area (Å²) in [7, 11) is 0. The van der Waals surface area contributed by atoms with Gasteiger partial charge < -0.3 is 13.9 Å². The van der Waals surface area contributed by atoms with E-state index in [1.54, 1.807) is 0 Å². The molecule has 0 saturated heterocycles. The lowest BCUT2D eigenvalue weighted by molar-refractivity contribution is 0.102. The Balaban J connectivity index is 1.20. The van der Waals surface area contributed by atoms with Gasteiger partial charge in [-0.05, 0) is 42.5 Å². The Kier molecular flexibility index (Phi) is 5.45. The Hall–Kier alpha value is -2.80. The summed E-state index contributed by atoms with van der Waals surface area (Å²) in [6.07, 6.45) is 6.47. The Morgan fingerprint density at radius 2 is 1.77 bits per heavy atom. The zero-order valence-corrected chi connectivity index (χ0v) is 17.3. The Morgan fingerprint density at radius 3 is 2.60 bits per heavy atom. The minimum Gasteiger partial charge on any atom is -0.454 e. The van der Waals surface area contributed by atoms with Crippen LogP contribution in [0.4, 0.5) is 0 Å². The van der Waals surface area contributed by atoms with Gasteiger partial charge in [0.15, 0.2) is 17.3 Å². The van der Waals surface area contributed by atoms with Gasteiger partial charge in [-0.3, -0.25) is 4.79 Å². The first-order valence-electron chi connectivity index (χ1n) is 10.3. The van der Waals surface area contributed by atoms with Gasteiger partial charge in [-0.1, -0.05) is 55.3 Å². The molecule has 0 bridgehead atoms. The predicted molar refractivity (Wildman–Crippen MR) is 113 cm³/mol. The molecule has 2 heterocycles. The lowest BCUT2D eigenvalue weighted by Crippen LogP contribution is -2.06. The number of carbonyl (C=O) groups is 1. The minimum atomic E-state index is 0.0537. The number of nitrogens with zero attached hydrogens (tertiary/aromatic N) is 2. The largest absolute Gasteiger partial charge is 0.454 e. The number of rotatable bonds is 6. The van der Waals surface area contributed by atoms with Crippen molar-refractivity contribution in [3.8, 4) is 23.0 Å². The summed E-state index contributed by atoms with van der Waals surface area (Å²) in [4.78, 5) is 12.6. The van der Waals surface area contributed by atoms with Crippen molar-refractivity contribution >= 4 is 17.5 Å². The molecule has 1 fully saturated rings. The van der Waals surface area contributed by atoms with E-state index in [1.165, 1.54) is 49.4 Å². The fourth-order valence-corrected chi connectivity index (χ4v) is 4.66. The van der Waals surface area contributed by atoms with Crippen LogP contribution in [0.25, 0.3) is 11.5 Å². The zero-order chi connectivity index (χ0) is 20.3. The number of benzene rings is 2. The molecule has 1 aliphatic heterocycles. The summed E-state index contributed by atoms with van der Waals surface area (Å²) in [5, 5.41) is 8.50. The van der Waals surface area contributed by atoms with Gasteiger partial charge in [0.05, 0.1) is 5.75 Å². The summed E-state index contributed by atoms with van der Waals surface area (Å²) >= 11 is 1.25. The second-order valence-corrected chi connectivity index (χ2v) is 8.54. The smallest absolute Gasteiger partial charge is 0.277 e. The molecule has 1 aromatic heterocycles. The summed E-state index contributed by atoms with van der Waals surface area (Å²) in [6.45, 7) is 0.216. The van der Waals surface area contributed by atoms with Crippen molar-refractivity contribution in [2.75, 3.05) is 12.5 Å². The standard InChI is InChI=1S/C23H22N2O4S/c26-19(17-8-6-16(7-9-17)15-4-2-1-3-5-15)13-30-23-25-24-22(29-23)18-10-11-20-21(12-18)28-14-27-20/h6-12,15H,1-5,13-14H2. The molecule has 0 radical (unpaired) electrons. The first-order chi connectivity index (χ1) is 14.8. The van der Waals surface area contributed by atoms with Crippen LogP contribution >= 0.6 is 11.8 Å². The maximum atomic E-state index is 12.6. The minimum absolute atomic E-state index is 0.0537. The highest BCUT2D eigenvalue weighted by Gasteiger charge is 2.18. The fraction of sp³-hybridized carbons (Fsp3) is 0.348. The molecule has 0 N–H and O–H groups in total. The van der Waals surface area contributed by atoms with Crippen molar-refractivity contribution < 1.29 is 18.7 Å². The van der Waals surface area contributed by atoms with E-state index in [0.29, 0.717) is 28.5 Å². The predicted octanol–water partition coefficient (Wildman–Crippen LogP) is 5.49. The molecule has 1 saturated carbocycles. The topological polar surface area (TPSA) is 74.5 Å². The van der Waals surface area contributed by atoms with Crippen LogP contribution in [-0.4, -0.2) is 28.5 Å². The molecular weight excluding hydrogens is 400 g/mol. The molecule has 0 unspecified atom stereocenters. The first-order valence-corrected chi connectivity index (χ1v) is 11.2. The van der Waals surface area contributed by atoms with Crippen molar-refractivity contribution in [2.45, 2.75) is 43.2 Å². The van der Waals surface area contributed by atoms with Crippen molar-refractivity contribution in [1.29, 1.82) is 0 Å². The molecule has 154 valence electrons. The van der Waals surface area contributed by atoms with Gasteiger partial charge in [0.1, 0.15) is 0 Å². The molecule has 30 heavy (non-hydrogen) atoms. The summed E-state index contributed by atoms with van der Waals surface area (Å²) in [5.41, 5.74) is 2.82. The lowest BCUT2D eigenvalue weighted by atomic mass is 9.84. The van der Waals surface area contributed by atoms with E-state index >= 15 is 0 Å². The van der Waals surface area contributed by atoms with Crippen LogP contribution in [0.3, 0.4) is 0 Å². The Bertz CT molecular complexity index is 1040. The van der Waals surface area contributed by atoms with Crippen molar-refractivity contribution in [3.05, 3.63) is 53.6 Å². The van der Waals surface area contributed by atoms with E-state index in [0.717, 1.165) is 11.1 Å². The average Bonchev–Trinajstić information content (AvgIpc) is 3.47. The number of aromatic nitrogens is 2. The second kappa shape index (κ2) is 8.52. The quantitative estimate of drug-likeness (QED) is 0.384. The highest BCUT2D eigenvalue weighted by Crippen LogP contribution is 2.36. The third-order valence-electron chi connectivity index (χ3n) is 5.66. The Labute approximate surface area is 179 Å². The normalized spacial score (nSPS) is 16.0. The maximum absolute atomic E-state index is 12.6. The summed E-state index contributed by atoms with van der Waals surface area (Å²) in [5.74, 6) is 2.70. The van der Waals surface area contributed by atoms with Crippen LogP contribution in [0, 0.1) is 0 Å². The van der Waals surface area contributed by atoms with Gasteiger partial charge in [-0.25, -0.2) is 0 Å². The van der Waals surface area contributed by atoms with E-state index in [2.05, 4.69) is 22.3 Å². The molecule has 6 nitrogen and oxygen atoms in total. The number of hydrogen-bond acceptors (Lipinski definition) is 7. The van der Waals surface area contributed by atoms with E-state index in [-0.39, 0.29) is 18.3 Å². The molecule has 0 atom stereocenters. The molecule has 0 spiro atoms. The van der Waals surface area contributed by atoms with Crippen molar-refractivity contribution in [2.24, 2.45) is 0 Å². The van der Waals surface area contributed by atoms with Crippen LogP contribution in [0.15, 0.2) is 52.1 Å². The summed E-state index contributed by atoms with van der Waals surface area (Å²) in [6, 6.07) is 13.6. The third kappa shape index (κ3) is 4.07. The van der Waals surface area contributed by atoms with E-state index in [9.17, 15) is 4.79 Å². The number of Topliss-reactive ketones (excluding diaryl/α,β-unsaturated/α-hetero) is 1. The van der Waals surface area contributed by atoms with Crippen LogP contribution in [-0.2, 0) is 0 Å². The molecule has 3 aromatic rings. The molecule has 1 aliphatic carbocycles. The number of ketones is 1. The SMILES string of the molecule is O=C(CSc1nnc(-c2ccc3c(c2)OCO3)o1)c1ccc(C2CCCCC2)cc1. The zero-order valence-electron chi connectivity index (χ0n) is 16.5. The molecule has 2 aromatic carbocycles. The van der Waals surface area contributed by atoms with E-state index in [1.807, 2.05) is 30.3 Å². The second-order valence-electron chi connectivity index (χ2n) is 7.61. The highest BCUT2D eigenvalue weighted by molar-refractivity contribution is 7.99. The fourth-order valence-electron chi connectivity index (χ4n) is 4.00. The Morgan fingerprint density at radius 1 is 0.967 bits per heavy atom. The number of fused-ring (bicyclic) bond motifs is 1. The van der Waals surface area contributed by atoms with Crippen LogP contribution in [0.2, 0.25) is 0 Å². The van der Waals surface area contributed by atoms with Gasteiger partial charge >= 0.3 is 0 Å². The summed E-state index contributed by atoms with van der Waals surface area (Å²) < 4.78 is 16.4. The van der Waals surface area contributed by atoms with Gasteiger partial charge in [0.2, 0.25) is 12.7 Å². The van der Waals surface area contributed by atoms with Crippen molar-refractivity contribution in [1.82, 2.24) is 10.2 Å². The third-order valence-corrected chi connectivity index (χ3v) is 6.48. The number of ether oxygens (including phenoxy) is 2. The molecule has 5 rings (SSSR count). The van der Waals surface area contributed by atoms with E-state index < -0.39 is 0 Å². The van der Waals surface area contributed by atoms with Gasteiger partial charge in [0, 0.05) is 11.1 Å². The van der Waals surface area contributed by atoms with Gasteiger partial charge in [-0.15, -0.1) is 10.2 Å². The molecule has 2 aliphatic rings. The highest BCUT2D eigenvalue weighted by atomic mass is 32.2. The molecular formula is C23H22N2O4S. The molecule has 0 amide bonds. The number of hydrogen-bond donors (Lipinski definition) is 0. The van der Waals surface area contributed by atoms with E-state index in [4.69, 9.17) is 13.9 Å². The average molecular weight is 423 g/mol. The maximum Gasteiger partial charge on any atom is 0.277 e. The van der Waals surface area contributed by atoms with Crippen LogP contribution < -0.4 is 9.47 Å². The van der Waals surface area contributed by atoms with Crippen molar-refractivity contribution in [3.63, 3.8) is 0 Å². The monoisotopic (exact) mass is 422 g/mol. The van der Waals surface area contributed by atoms with Crippen LogP contribution in [0.5, 0.6) is 11.5 Å². The first kappa shape index (κ1) is 19.2. The molecule has 7 heteroatoms.